The SMILES string of the molecule is CCc1cnc(CNCc2ncc(C)c([N+](=O)[O-])c2C)o1. The zero-order valence-electron chi connectivity index (χ0n) is 12.3. The Labute approximate surface area is 122 Å². The van der Waals surface area contributed by atoms with Gasteiger partial charge in [0.05, 0.1) is 23.4 Å². The Bertz CT molecular complexity index is 652. The fourth-order valence-corrected chi connectivity index (χ4v) is 2.11. The monoisotopic (exact) mass is 290 g/mol. The van der Waals surface area contributed by atoms with Crippen LogP contribution in [0.5, 0.6) is 0 Å². The van der Waals surface area contributed by atoms with E-state index in [2.05, 4.69) is 15.3 Å². The molecule has 0 unspecified atom stereocenters. The van der Waals surface area contributed by atoms with Crippen LogP contribution in [-0.2, 0) is 19.5 Å². The summed E-state index contributed by atoms with van der Waals surface area (Å²) < 4.78 is 5.48. The van der Waals surface area contributed by atoms with Gasteiger partial charge >= 0.3 is 0 Å². The van der Waals surface area contributed by atoms with Gasteiger partial charge in [-0.2, -0.15) is 0 Å². The highest BCUT2D eigenvalue weighted by molar-refractivity contribution is 5.47. The number of nitrogens with one attached hydrogen (secondary N) is 1. The zero-order valence-corrected chi connectivity index (χ0v) is 12.3. The van der Waals surface area contributed by atoms with Gasteiger partial charge in [0.15, 0.2) is 0 Å². The number of nitrogens with zero attached hydrogens (tertiary/aromatic N) is 3. The quantitative estimate of drug-likeness (QED) is 0.648. The number of rotatable bonds is 6. The molecular weight excluding hydrogens is 272 g/mol. The maximum Gasteiger partial charge on any atom is 0.278 e. The zero-order chi connectivity index (χ0) is 15.4. The van der Waals surface area contributed by atoms with E-state index in [1.54, 1.807) is 20.0 Å². The molecule has 0 spiro atoms. The summed E-state index contributed by atoms with van der Waals surface area (Å²) in [5.74, 6) is 1.44. The average molecular weight is 290 g/mol. The van der Waals surface area contributed by atoms with Crippen molar-refractivity contribution in [2.45, 2.75) is 40.3 Å². The molecule has 0 aliphatic heterocycles. The summed E-state index contributed by atoms with van der Waals surface area (Å²) in [5.41, 5.74) is 1.96. The van der Waals surface area contributed by atoms with Crippen LogP contribution in [0.3, 0.4) is 0 Å². The number of aryl methyl sites for hydroxylation is 2. The van der Waals surface area contributed by atoms with E-state index in [0.29, 0.717) is 35.8 Å². The van der Waals surface area contributed by atoms with Crippen LogP contribution >= 0.6 is 0 Å². The Morgan fingerprint density at radius 3 is 2.67 bits per heavy atom. The van der Waals surface area contributed by atoms with Crippen molar-refractivity contribution >= 4 is 5.69 Å². The maximum atomic E-state index is 11.1. The minimum Gasteiger partial charge on any atom is -0.444 e. The van der Waals surface area contributed by atoms with Crippen molar-refractivity contribution < 1.29 is 9.34 Å². The Morgan fingerprint density at radius 1 is 1.29 bits per heavy atom. The van der Waals surface area contributed by atoms with Crippen molar-refractivity contribution in [1.82, 2.24) is 15.3 Å². The van der Waals surface area contributed by atoms with Crippen LogP contribution < -0.4 is 5.32 Å². The molecule has 0 saturated carbocycles. The summed E-state index contributed by atoms with van der Waals surface area (Å²) in [7, 11) is 0. The first kappa shape index (κ1) is 15.1. The number of hydrogen-bond donors (Lipinski definition) is 1. The van der Waals surface area contributed by atoms with Gasteiger partial charge in [-0.1, -0.05) is 6.92 Å². The molecule has 0 aromatic carbocycles. The van der Waals surface area contributed by atoms with Gasteiger partial charge in [-0.05, 0) is 13.8 Å². The molecule has 2 aromatic rings. The van der Waals surface area contributed by atoms with E-state index in [-0.39, 0.29) is 10.6 Å². The van der Waals surface area contributed by atoms with Gasteiger partial charge in [-0.25, -0.2) is 4.98 Å². The van der Waals surface area contributed by atoms with Crippen molar-refractivity contribution in [3.63, 3.8) is 0 Å². The molecule has 0 bridgehead atoms. The third-order valence-corrected chi connectivity index (χ3v) is 3.28. The lowest BCUT2D eigenvalue weighted by molar-refractivity contribution is -0.386. The van der Waals surface area contributed by atoms with E-state index in [1.807, 2.05) is 6.92 Å². The highest BCUT2D eigenvalue weighted by atomic mass is 16.6. The molecule has 0 fully saturated rings. The Kier molecular flexibility index (Phi) is 4.64. The first-order chi connectivity index (χ1) is 10.0. The standard InChI is InChI=1S/C14H18N4O3/c1-4-11-6-17-13(21-11)8-15-7-12-10(3)14(18(19)20)9(2)5-16-12/h5-6,15H,4,7-8H2,1-3H3. The normalized spacial score (nSPS) is 10.8. The van der Waals surface area contributed by atoms with Crippen LogP contribution in [0.4, 0.5) is 5.69 Å². The van der Waals surface area contributed by atoms with E-state index >= 15 is 0 Å². The lowest BCUT2D eigenvalue weighted by Gasteiger charge is -2.07. The third kappa shape index (κ3) is 3.43. The molecule has 2 heterocycles. The van der Waals surface area contributed by atoms with Crippen molar-refractivity contribution in [3.05, 3.63) is 51.0 Å². The van der Waals surface area contributed by atoms with Crippen molar-refractivity contribution in [3.8, 4) is 0 Å². The number of oxazole rings is 1. The second kappa shape index (κ2) is 6.45. The second-order valence-electron chi connectivity index (χ2n) is 4.80. The molecule has 0 amide bonds. The Balaban J connectivity index is 2.03. The molecule has 7 nitrogen and oxygen atoms in total. The summed E-state index contributed by atoms with van der Waals surface area (Å²) in [6, 6.07) is 0. The van der Waals surface area contributed by atoms with Gasteiger partial charge in [-0.3, -0.25) is 15.1 Å². The molecule has 0 aliphatic carbocycles. The Hall–Kier alpha value is -2.28. The van der Waals surface area contributed by atoms with E-state index in [1.165, 1.54) is 6.20 Å². The second-order valence-corrected chi connectivity index (χ2v) is 4.80. The predicted molar refractivity (Wildman–Crippen MR) is 76.8 cm³/mol. The highest BCUT2D eigenvalue weighted by Gasteiger charge is 2.18. The minimum absolute atomic E-state index is 0.131. The summed E-state index contributed by atoms with van der Waals surface area (Å²) in [4.78, 5) is 19.1. The van der Waals surface area contributed by atoms with Gasteiger partial charge in [0.25, 0.3) is 5.69 Å². The largest absolute Gasteiger partial charge is 0.444 e. The smallest absolute Gasteiger partial charge is 0.278 e. The topological polar surface area (TPSA) is 94.1 Å². The molecule has 21 heavy (non-hydrogen) atoms. The van der Waals surface area contributed by atoms with E-state index in [4.69, 9.17) is 4.42 Å². The fourth-order valence-electron chi connectivity index (χ4n) is 2.11. The van der Waals surface area contributed by atoms with Crippen LogP contribution in [-0.4, -0.2) is 14.9 Å². The summed E-state index contributed by atoms with van der Waals surface area (Å²) in [6.07, 6.45) is 4.04. The molecule has 1 N–H and O–H groups in total. The predicted octanol–water partition coefficient (Wildman–Crippen LogP) is 2.45. The van der Waals surface area contributed by atoms with E-state index in [9.17, 15) is 10.1 Å². The van der Waals surface area contributed by atoms with Gasteiger partial charge < -0.3 is 9.73 Å². The molecule has 0 saturated heterocycles. The van der Waals surface area contributed by atoms with Crippen LogP contribution in [0.1, 0.15) is 35.4 Å². The van der Waals surface area contributed by atoms with Crippen LogP contribution in [0, 0.1) is 24.0 Å². The average Bonchev–Trinajstić information content (AvgIpc) is 2.89. The minimum atomic E-state index is -0.364. The van der Waals surface area contributed by atoms with Gasteiger partial charge in [-0.15, -0.1) is 0 Å². The lowest BCUT2D eigenvalue weighted by atomic mass is 10.1. The number of aromatic nitrogens is 2. The molecule has 112 valence electrons. The maximum absolute atomic E-state index is 11.1. The molecular formula is C14H18N4O3. The van der Waals surface area contributed by atoms with Gasteiger partial charge in [0, 0.05) is 30.3 Å². The fraction of sp³-hybridized carbons (Fsp3) is 0.429. The van der Waals surface area contributed by atoms with Crippen molar-refractivity contribution in [1.29, 1.82) is 0 Å². The first-order valence-electron chi connectivity index (χ1n) is 6.76. The number of pyridine rings is 1. The molecule has 0 radical (unpaired) electrons. The van der Waals surface area contributed by atoms with Crippen LogP contribution in [0.2, 0.25) is 0 Å². The van der Waals surface area contributed by atoms with Crippen molar-refractivity contribution in [2.24, 2.45) is 0 Å². The molecule has 2 aromatic heterocycles. The number of hydrogen-bond acceptors (Lipinski definition) is 6. The summed E-state index contributed by atoms with van der Waals surface area (Å²) in [6.45, 7) is 6.29. The van der Waals surface area contributed by atoms with Crippen LogP contribution in [0.25, 0.3) is 0 Å². The number of nitro groups is 1. The third-order valence-electron chi connectivity index (χ3n) is 3.28. The first-order valence-corrected chi connectivity index (χ1v) is 6.76. The van der Waals surface area contributed by atoms with E-state index < -0.39 is 0 Å². The summed E-state index contributed by atoms with van der Waals surface area (Å²) in [5, 5.41) is 14.2. The van der Waals surface area contributed by atoms with Gasteiger partial charge in [0.1, 0.15) is 5.76 Å². The molecule has 0 aliphatic rings. The van der Waals surface area contributed by atoms with Crippen molar-refractivity contribution in [2.75, 3.05) is 0 Å². The highest BCUT2D eigenvalue weighted by Crippen LogP contribution is 2.23. The summed E-state index contributed by atoms with van der Waals surface area (Å²) >= 11 is 0. The van der Waals surface area contributed by atoms with Gasteiger partial charge in [0.2, 0.25) is 5.89 Å². The lowest BCUT2D eigenvalue weighted by Crippen LogP contribution is -2.15. The Morgan fingerprint density at radius 2 is 2.05 bits per heavy atom. The van der Waals surface area contributed by atoms with E-state index in [0.717, 1.165) is 12.2 Å². The molecule has 7 heteroatoms. The molecule has 0 atom stereocenters. The molecule has 2 rings (SSSR count). The van der Waals surface area contributed by atoms with Crippen LogP contribution in [0.15, 0.2) is 16.8 Å².